The number of nitriles is 1. The number of nitrogens with zero attached hydrogens (tertiary/aromatic N) is 5. The van der Waals surface area contributed by atoms with Crippen molar-refractivity contribution in [1.29, 1.82) is 5.26 Å². The van der Waals surface area contributed by atoms with E-state index in [0.717, 1.165) is 0 Å². The predicted molar refractivity (Wildman–Crippen MR) is 136 cm³/mol. The van der Waals surface area contributed by atoms with Crippen LogP contribution in [0.25, 0.3) is 0 Å². The first-order valence-electron chi connectivity index (χ1n) is 11.9. The van der Waals surface area contributed by atoms with Gasteiger partial charge in [0.1, 0.15) is 29.8 Å². The zero-order chi connectivity index (χ0) is 27.8. The van der Waals surface area contributed by atoms with Gasteiger partial charge in [-0.3, -0.25) is 14.5 Å². The molecule has 1 aliphatic rings. The Morgan fingerprint density at radius 3 is 2.63 bits per heavy atom. The third-order valence-corrected chi connectivity index (χ3v) is 5.62. The Morgan fingerprint density at radius 2 is 1.97 bits per heavy atom. The quantitative estimate of drug-likeness (QED) is 0.467. The van der Waals surface area contributed by atoms with Crippen LogP contribution >= 0.6 is 0 Å². The zero-order valence-electron chi connectivity index (χ0n) is 22.0. The van der Waals surface area contributed by atoms with E-state index in [2.05, 4.69) is 9.97 Å². The third-order valence-electron chi connectivity index (χ3n) is 5.62. The molecule has 3 aromatic rings. The molecule has 0 radical (unpaired) electrons. The molecule has 0 atom stereocenters. The number of hydrogen-bond acceptors (Lipinski definition) is 8. The van der Waals surface area contributed by atoms with Gasteiger partial charge in [0.25, 0.3) is 0 Å². The number of aryl methyl sites for hydroxylation is 1. The maximum atomic E-state index is 14.9. The lowest BCUT2D eigenvalue weighted by Crippen LogP contribution is -2.47. The summed E-state index contributed by atoms with van der Waals surface area (Å²) in [6, 6.07) is 9.20. The number of fused-ring (bicyclic) bond motifs is 1. The molecular weight excluding hydrogens is 493 g/mol. The maximum Gasteiger partial charge on any atom is 0.416 e. The number of benzene rings is 1. The summed E-state index contributed by atoms with van der Waals surface area (Å²) in [6.45, 7) is 10.7. The number of ether oxygens (including phenoxy) is 3. The molecule has 0 fully saturated rings. The van der Waals surface area contributed by atoms with Crippen LogP contribution in [-0.2, 0) is 17.9 Å². The average Bonchev–Trinajstić information content (AvgIpc) is 3.08. The predicted octanol–water partition coefficient (Wildman–Crippen LogP) is 4.86. The molecule has 1 aromatic carbocycles. The van der Waals surface area contributed by atoms with E-state index in [-0.39, 0.29) is 36.2 Å². The minimum atomic E-state index is -0.753. The Balaban J connectivity index is 1.58. The molecule has 3 heterocycles. The second-order valence-corrected chi connectivity index (χ2v) is 10.5. The van der Waals surface area contributed by atoms with Gasteiger partial charge >= 0.3 is 11.8 Å². The first-order chi connectivity index (χ1) is 17.8. The molecule has 4 rings (SSSR count). The number of rotatable bonds is 5. The van der Waals surface area contributed by atoms with Crippen LogP contribution in [0, 0.1) is 24.1 Å². The van der Waals surface area contributed by atoms with E-state index >= 15 is 0 Å². The lowest BCUT2D eigenvalue weighted by Gasteiger charge is -2.32. The highest BCUT2D eigenvalue weighted by Gasteiger charge is 2.43. The van der Waals surface area contributed by atoms with Crippen LogP contribution in [0.3, 0.4) is 0 Å². The number of anilines is 1. The van der Waals surface area contributed by atoms with Crippen molar-refractivity contribution in [3.63, 3.8) is 0 Å². The first kappa shape index (κ1) is 26.6. The number of carbonyl (C=O) groups excluding carboxylic acids is 1. The Bertz CT molecular complexity index is 1500. The van der Waals surface area contributed by atoms with Crippen LogP contribution in [0.5, 0.6) is 17.4 Å². The Morgan fingerprint density at radius 1 is 1.24 bits per heavy atom. The summed E-state index contributed by atoms with van der Waals surface area (Å²) in [5, 5.41) is 9.58. The molecule has 0 saturated carbocycles. The monoisotopic (exact) mass is 521 g/mol. The van der Waals surface area contributed by atoms with E-state index in [1.54, 1.807) is 39.8 Å². The van der Waals surface area contributed by atoms with Crippen molar-refractivity contribution in [2.45, 2.75) is 65.8 Å². The van der Waals surface area contributed by atoms with Crippen molar-refractivity contribution in [3.8, 4) is 23.4 Å². The highest BCUT2D eigenvalue weighted by Crippen LogP contribution is 2.35. The molecule has 2 aromatic heterocycles. The van der Waals surface area contributed by atoms with Crippen molar-refractivity contribution < 1.29 is 23.4 Å². The number of carbonyl (C=O) groups is 1. The van der Waals surface area contributed by atoms with Crippen molar-refractivity contribution in [2.75, 3.05) is 4.90 Å². The normalized spacial score (nSPS) is 14.0. The summed E-state index contributed by atoms with van der Waals surface area (Å²) in [4.78, 5) is 35.1. The molecule has 11 heteroatoms. The van der Waals surface area contributed by atoms with E-state index in [0.29, 0.717) is 17.0 Å². The topological polar surface area (TPSA) is 120 Å². The molecule has 1 amide bonds. The second kappa shape index (κ2) is 9.78. The van der Waals surface area contributed by atoms with Gasteiger partial charge in [0.15, 0.2) is 11.6 Å². The maximum absolute atomic E-state index is 14.9. The smallest absolute Gasteiger partial charge is 0.416 e. The molecule has 198 valence electrons. The van der Waals surface area contributed by atoms with Crippen molar-refractivity contribution >= 4 is 11.9 Å². The highest BCUT2D eigenvalue weighted by molar-refractivity contribution is 5.89. The third kappa shape index (κ3) is 5.59. The number of pyridine rings is 1. The molecule has 1 aliphatic heterocycles. The van der Waals surface area contributed by atoms with Gasteiger partial charge in [-0.25, -0.2) is 14.0 Å². The van der Waals surface area contributed by atoms with Gasteiger partial charge in [0.2, 0.25) is 5.88 Å². The van der Waals surface area contributed by atoms with Gasteiger partial charge in [0.05, 0.1) is 17.6 Å². The Kier molecular flexibility index (Phi) is 6.84. The number of halogens is 1. The lowest BCUT2D eigenvalue weighted by molar-refractivity contribution is 0.0552. The number of hydrogen-bond donors (Lipinski definition) is 0. The van der Waals surface area contributed by atoms with Crippen molar-refractivity contribution in [2.24, 2.45) is 0 Å². The molecule has 0 saturated heterocycles. The van der Waals surface area contributed by atoms with E-state index in [1.807, 2.05) is 19.9 Å². The van der Waals surface area contributed by atoms with E-state index in [9.17, 15) is 19.2 Å². The van der Waals surface area contributed by atoms with Gasteiger partial charge in [-0.15, -0.1) is 0 Å². The van der Waals surface area contributed by atoms with Gasteiger partial charge in [-0.05, 0) is 65.3 Å². The molecule has 10 nitrogen and oxygen atoms in total. The van der Waals surface area contributed by atoms with Crippen LogP contribution in [0.4, 0.5) is 15.0 Å². The molecule has 0 N–H and O–H groups in total. The summed E-state index contributed by atoms with van der Waals surface area (Å²) in [6.07, 6.45) is 0.916. The molecule has 0 spiro atoms. The van der Waals surface area contributed by atoms with Crippen LogP contribution < -0.4 is 20.1 Å². The summed E-state index contributed by atoms with van der Waals surface area (Å²) >= 11 is 0. The first-order valence-corrected chi connectivity index (χ1v) is 11.9. The largest absolute Gasteiger partial charge is 0.473 e. The van der Waals surface area contributed by atoms with Gasteiger partial charge < -0.3 is 14.2 Å². The Hall–Kier alpha value is -4.46. The van der Waals surface area contributed by atoms with E-state index < -0.39 is 28.7 Å². The SMILES string of the molecule is Cc1cc(Oc2c(F)cc(COc3cc4n(c(=O)n3)CC(C)(C)N4C(=O)OC(C)(C)C)cc2C#N)ccn1. The van der Waals surface area contributed by atoms with Crippen molar-refractivity contribution in [1.82, 2.24) is 14.5 Å². The second-order valence-electron chi connectivity index (χ2n) is 10.5. The Labute approximate surface area is 219 Å². The molecule has 0 unspecified atom stereocenters. The van der Waals surface area contributed by atoms with Gasteiger partial charge in [0, 0.05) is 24.0 Å². The van der Waals surface area contributed by atoms with Crippen LogP contribution in [-0.4, -0.2) is 31.8 Å². The highest BCUT2D eigenvalue weighted by atomic mass is 19.1. The summed E-state index contributed by atoms with van der Waals surface area (Å²) < 4.78 is 33.2. The molecular formula is C27H28FN5O5. The van der Waals surface area contributed by atoms with E-state index in [1.165, 1.54) is 33.9 Å². The summed E-state index contributed by atoms with van der Waals surface area (Å²) in [5.41, 5.74) is -1.11. The van der Waals surface area contributed by atoms with Crippen LogP contribution in [0.1, 0.15) is 51.4 Å². The van der Waals surface area contributed by atoms with Gasteiger partial charge in [-0.2, -0.15) is 10.2 Å². The summed E-state index contributed by atoms with van der Waals surface area (Å²) in [7, 11) is 0. The minimum absolute atomic E-state index is 0.0297. The van der Waals surface area contributed by atoms with Crippen LogP contribution in [0.2, 0.25) is 0 Å². The minimum Gasteiger partial charge on any atom is -0.473 e. The fraction of sp³-hybridized carbons (Fsp3) is 0.370. The lowest BCUT2D eigenvalue weighted by atomic mass is 10.1. The van der Waals surface area contributed by atoms with Crippen molar-refractivity contribution in [3.05, 3.63) is 69.7 Å². The zero-order valence-corrected chi connectivity index (χ0v) is 22.0. The summed E-state index contributed by atoms with van der Waals surface area (Å²) in [5.74, 6) is -0.404. The number of aromatic nitrogens is 3. The van der Waals surface area contributed by atoms with Crippen LogP contribution in [0.15, 0.2) is 41.3 Å². The fourth-order valence-corrected chi connectivity index (χ4v) is 4.07. The van der Waals surface area contributed by atoms with Gasteiger partial charge in [-0.1, -0.05) is 0 Å². The fourth-order valence-electron chi connectivity index (χ4n) is 4.07. The molecule has 0 aliphatic carbocycles. The number of amides is 1. The molecule has 38 heavy (non-hydrogen) atoms. The average molecular weight is 522 g/mol. The standard InChI is InChI=1S/C27H28FN5O5/c1-16-9-19(7-8-30-16)37-23-18(13-29)10-17(11-20(23)28)14-36-21-12-22-32(24(34)31-21)15-27(5,6)33(22)25(35)38-26(2,3)4/h7-12H,14-15H2,1-6H3. The van der Waals surface area contributed by atoms with E-state index in [4.69, 9.17) is 14.2 Å². The molecule has 0 bridgehead atoms.